The van der Waals surface area contributed by atoms with Crippen molar-refractivity contribution in [2.45, 2.75) is 6.54 Å². The van der Waals surface area contributed by atoms with Gasteiger partial charge in [-0.1, -0.05) is 0 Å². The lowest BCUT2D eigenvalue weighted by molar-refractivity contribution is 0.611. The molecular weight excluding hydrogens is 265 g/mol. The van der Waals surface area contributed by atoms with Gasteiger partial charge in [-0.2, -0.15) is 5.10 Å². The number of hydrogen-bond donors (Lipinski definition) is 1. The second kappa shape index (κ2) is 5.15. The third kappa shape index (κ3) is 2.60. The Labute approximate surface area is 112 Å². The summed E-state index contributed by atoms with van der Waals surface area (Å²) in [6.07, 6.45) is 4.62. The van der Waals surface area contributed by atoms with E-state index in [0.717, 1.165) is 10.6 Å². The van der Waals surface area contributed by atoms with Crippen molar-refractivity contribution >= 4 is 17.0 Å². The lowest BCUT2D eigenvalue weighted by Crippen LogP contribution is -2.01. The van der Waals surface area contributed by atoms with Crippen molar-refractivity contribution in [1.82, 2.24) is 19.7 Å². The first-order valence-electron chi connectivity index (χ1n) is 5.59. The molecule has 0 aliphatic rings. The third-order valence-electron chi connectivity index (χ3n) is 2.56. The van der Waals surface area contributed by atoms with Gasteiger partial charge in [-0.15, -0.1) is 11.3 Å². The number of benzene rings is 1. The summed E-state index contributed by atoms with van der Waals surface area (Å²) in [6, 6.07) is 4.91. The summed E-state index contributed by atoms with van der Waals surface area (Å²) < 4.78 is 15.3. The highest BCUT2D eigenvalue weighted by atomic mass is 32.1. The Hall–Kier alpha value is -2.28. The van der Waals surface area contributed by atoms with E-state index in [1.807, 2.05) is 0 Å². The Morgan fingerprint density at radius 1 is 1.32 bits per heavy atom. The molecule has 0 aliphatic carbocycles. The Morgan fingerprint density at radius 2 is 2.26 bits per heavy atom. The van der Waals surface area contributed by atoms with Crippen LogP contribution >= 0.6 is 11.3 Å². The predicted molar refractivity (Wildman–Crippen MR) is 70.8 cm³/mol. The van der Waals surface area contributed by atoms with Crippen LogP contribution in [0.2, 0.25) is 0 Å². The van der Waals surface area contributed by atoms with Gasteiger partial charge in [-0.3, -0.25) is 4.98 Å². The van der Waals surface area contributed by atoms with Crippen LogP contribution < -0.4 is 5.32 Å². The maximum Gasteiger partial charge on any atom is 0.150 e. The van der Waals surface area contributed by atoms with Gasteiger partial charge in [0.1, 0.15) is 18.3 Å². The number of thiazole rings is 1. The summed E-state index contributed by atoms with van der Waals surface area (Å²) in [7, 11) is 0. The lowest BCUT2D eigenvalue weighted by atomic mass is 10.2. The van der Waals surface area contributed by atoms with Gasteiger partial charge in [0.25, 0.3) is 0 Å². The van der Waals surface area contributed by atoms with E-state index in [4.69, 9.17) is 0 Å². The smallest absolute Gasteiger partial charge is 0.150 e. The summed E-state index contributed by atoms with van der Waals surface area (Å²) in [6.45, 7) is 0.632. The number of rotatable bonds is 4. The fourth-order valence-electron chi connectivity index (χ4n) is 1.65. The standard InChI is InChI=1S/C12H10FN5S/c13-11-3-9(16-5-10-4-14-8-19-10)1-2-12(11)18-7-15-6-17-18/h1-4,6-8,16H,5H2. The van der Waals surface area contributed by atoms with Gasteiger partial charge in [-0.05, 0) is 18.2 Å². The molecule has 0 bridgehead atoms. The van der Waals surface area contributed by atoms with Gasteiger partial charge in [0.15, 0.2) is 5.82 Å². The summed E-state index contributed by atoms with van der Waals surface area (Å²) in [5, 5.41) is 7.05. The molecule has 2 aromatic heterocycles. The fraction of sp³-hybridized carbons (Fsp3) is 0.0833. The number of anilines is 1. The van der Waals surface area contributed by atoms with Crippen molar-refractivity contribution in [2.75, 3.05) is 5.32 Å². The number of nitrogens with one attached hydrogen (secondary N) is 1. The lowest BCUT2D eigenvalue weighted by Gasteiger charge is -2.07. The summed E-state index contributed by atoms with van der Waals surface area (Å²) in [4.78, 5) is 8.88. The topological polar surface area (TPSA) is 55.6 Å². The molecule has 96 valence electrons. The summed E-state index contributed by atoms with van der Waals surface area (Å²) in [5.41, 5.74) is 2.86. The first kappa shape index (κ1) is 11.8. The van der Waals surface area contributed by atoms with E-state index in [1.165, 1.54) is 23.4 Å². The van der Waals surface area contributed by atoms with E-state index in [2.05, 4.69) is 20.4 Å². The van der Waals surface area contributed by atoms with E-state index in [0.29, 0.717) is 12.2 Å². The van der Waals surface area contributed by atoms with Crippen LogP contribution in [-0.2, 0) is 6.54 Å². The van der Waals surface area contributed by atoms with Crippen LogP contribution in [0.1, 0.15) is 4.88 Å². The molecule has 0 amide bonds. The van der Waals surface area contributed by atoms with Crippen molar-refractivity contribution in [3.8, 4) is 5.69 Å². The zero-order chi connectivity index (χ0) is 13.1. The molecule has 19 heavy (non-hydrogen) atoms. The molecule has 0 saturated carbocycles. The largest absolute Gasteiger partial charge is 0.380 e. The Morgan fingerprint density at radius 3 is 2.95 bits per heavy atom. The number of nitrogens with zero attached hydrogens (tertiary/aromatic N) is 4. The van der Waals surface area contributed by atoms with Crippen LogP contribution in [0.15, 0.2) is 42.6 Å². The van der Waals surface area contributed by atoms with Gasteiger partial charge in [0, 0.05) is 16.8 Å². The van der Waals surface area contributed by atoms with Crippen molar-refractivity contribution in [2.24, 2.45) is 0 Å². The Balaban J connectivity index is 1.76. The maximum absolute atomic E-state index is 13.9. The fourth-order valence-corrected chi connectivity index (χ4v) is 2.19. The second-order valence-electron chi connectivity index (χ2n) is 3.83. The molecule has 0 saturated heterocycles. The highest BCUT2D eigenvalue weighted by molar-refractivity contribution is 7.09. The highest BCUT2D eigenvalue weighted by Crippen LogP contribution is 2.18. The first-order valence-corrected chi connectivity index (χ1v) is 6.47. The van der Waals surface area contributed by atoms with Crippen LogP contribution in [0, 0.1) is 5.82 Å². The molecule has 0 unspecified atom stereocenters. The molecular formula is C12H10FN5S. The van der Waals surface area contributed by atoms with Crippen molar-refractivity contribution in [1.29, 1.82) is 0 Å². The molecule has 0 radical (unpaired) electrons. The molecule has 1 aromatic carbocycles. The first-order chi connectivity index (χ1) is 9.33. The van der Waals surface area contributed by atoms with E-state index in [-0.39, 0.29) is 5.82 Å². The van der Waals surface area contributed by atoms with Gasteiger partial charge >= 0.3 is 0 Å². The van der Waals surface area contributed by atoms with E-state index in [1.54, 1.807) is 35.2 Å². The van der Waals surface area contributed by atoms with E-state index < -0.39 is 0 Å². The molecule has 5 nitrogen and oxygen atoms in total. The minimum Gasteiger partial charge on any atom is -0.380 e. The second-order valence-corrected chi connectivity index (χ2v) is 4.80. The van der Waals surface area contributed by atoms with Crippen molar-refractivity contribution in [3.05, 3.63) is 53.3 Å². The molecule has 7 heteroatoms. The molecule has 0 aliphatic heterocycles. The molecule has 0 spiro atoms. The normalized spacial score (nSPS) is 10.6. The van der Waals surface area contributed by atoms with Gasteiger partial charge in [0.2, 0.25) is 0 Å². The van der Waals surface area contributed by atoms with E-state index >= 15 is 0 Å². The average Bonchev–Trinajstić information content (AvgIpc) is 3.10. The Bertz CT molecular complexity index is 651. The maximum atomic E-state index is 13.9. The molecule has 0 atom stereocenters. The number of hydrogen-bond acceptors (Lipinski definition) is 5. The molecule has 1 N–H and O–H groups in total. The highest BCUT2D eigenvalue weighted by Gasteiger charge is 2.06. The van der Waals surface area contributed by atoms with Crippen molar-refractivity contribution in [3.63, 3.8) is 0 Å². The third-order valence-corrected chi connectivity index (χ3v) is 3.34. The van der Waals surface area contributed by atoms with Crippen LogP contribution in [-0.4, -0.2) is 19.7 Å². The van der Waals surface area contributed by atoms with Crippen LogP contribution in [0.5, 0.6) is 0 Å². The zero-order valence-electron chi connectivity index (χ0n) is 9.82. The summed E-state index contributed by atoms with van der Waals surface area (Å²) in [5.74, 6) is -0.347. The van der Waals surface area contributed by atoms with Gasteiger partial charge in [-0.25, -0.2) is 14.1 Å². The average molecular weight is 275 g/mol. The monoisotopic (exact) mass is 275 g/mol. The van der Waals surface area contributed by atoms with Gasteiger partial charge < -0.3 is 5.32 Å². The van der Waals surface area contributed by atoms with Crippen LogP contribution in [0.25, 0.3) is 5.69 Å². The Kier molecular flexibility index (Phi) is 3.20. The summed E-state index contributed by atoms with van der Waals surface area (Å²) >= 11 is 1.56. The van der Waals surface area contributed by atoms with Crippen molar-refractivity contribution < 1.29 is 4.39 Å². The van der Waals surface area contributed by atoms with Crippen LogP contribution in [0.3, 0.4) is 0 Å². The molecule has 2 heterocycles. The van der Waals surface area contributed by atoms with Gasteiger partial charge in [0.05, 0.1) is 12.1 Å². The minimum atomic E-state index is -0.347. The SMILES string of the molecule is Fc1cc(NCc2cncs2)ccc1-n1cncn1. The van der Waals surface area contributed by atoms with E-state index in [9.17, 15) is 4.39 Å². The van der Waals surface area contributed by atoms with Crippen LogP contribution in [0.4, 0.5) is 10.1 Å². The quantitative estimate of drug-likeness (QED) is 0.794. The molecule has 0 fully saturated rings. The molecule has 3 aromatic rings. The number of halogens is 1. The predicted octanol–water partition coefficient (Wildman–Crippen LogP) is 2.47. The minimum absolute atomic E-state index is 0.347. The molecule has 3 rings (SSSR count). The zero-order valence-corrected chi connectivity index (χ0v) is 10.6. The number of aromatic nitrogens is 4.